The van der Waals surface area contributed by atoms with E-state index >= 15 is 0 Å². The highest BCUT2D eigenvalue weighted by molar-refractivity contribution is 6.31. The van der Waals surface area contributed by atoms with Crippen molar-refractivity contribution >= 4 is 17.6 Å². The van der Waals surface area contributed by atoms with E-state index < -0.39 is 11.9 Å². The number of carbonyl (C=O) groups excluding carboxylic acids is 1. The van der Waals surface area contributed by atoms with Crippen molar-refractivity contribution in [3.63, 3.8) is 0 Å². The van der Waals surface area contributed by atoms with Crippen LogP contribution >= 0.6 is 11.6 Å². The minimum Gasteiger partial charge on any atom is -0.393 e. The molecule has 1 aromatic rings. The van der Waals surface area contributed by atoms with Gasteiger partial charge >= 0.3 is 6.03 Å². The number of urea groups is 1. The van der Waals surface area contributed by atoms with Crippen LogP contribution in [0.3, 0.4) is 0 Å². The minimum atomic E-state index is -0.523. The fourth-order valence-corrected chi connectivity index (χ4v) is 3.26. The van der Waals surface area contributed by atoms with Crippen molar-refractivity contribution in [2.45, 2.75) is 44.8 Å². The van der Waals surface area contributed by atoms with Crippen molar-refractivity contribution in [1.29, 1.82) is 0 Å². The second kappa shape index (κ2) is 7.79. The van der Waals surface area contributed by atoms with Crippen LogP contribution in [0.2, 0.25) is 5.02 Å². The SMILES string of the molecule is CC(NC(=O)NCC1CCCC(O)C1)c1c(F)cccc1Cl. The molecular formula is C16H22ClFN2O2. The zero-order valence-electron chi connectivity index (χ0n) is 12.6. The van der Waals surface area contributed by atoms with E-state index in [1.54, 1.807) is 13.0 Å². The maximum atomic E-state index is 13.8. The lowest BCUT2D eigenvalue weighted by molar-refractivity contribution is 0.101. The molecule has 22 heavy (non-hydrogen) atoms. The maximum Gasteiger partial charge on any atom is 0.315 e. The van der Waals surface area contributed by atoms with Crippen LogP contribution in [-0.2, 0) is 0 Å². The molecule has 0 aliphatic heterocycles. The van der Waals surface area contributed by atoms with E-state index in [2.05, 4.69) is 10.6 Å². The van der Waals surface area contributed by atoms with Crippen LogP contribution in [0.25, 0.3) is 0 Å². The smallest absolute Gasteiger partial charge is 0.315 e. The van der Waals surface area contributed by atoms with Gasteiger partial charge in [0.05, 0.1) is 12.1 Å². The van der Waals surface area contributed by atoms with E-state index in [1.807, 2.05) is 0 Å². The van der Waals surface area contributed by atoms with Gasteiger partial charge in [0.1, 0.15) is 5.82 Å². The van der Waals surface area contributed by atoms with Gasteiger partial charge in [-0.05, 0) is 44.2 Å². The molecule has 0 bridgehead atoms. The second-order valence-corrected chi connectivity index (χ2v) is 6.31. The van der Waals surface area contributed by atoms with Gasteiger partial charge in [-0.2, -0.15) is 0 Å². The van der Waals surface area contributed by atoms with E-state index in [-0.39, 0.29) is 17.7 Å². The van der Waals surface area contributed by atoms with Crippen molar-refractivity contribution in [2.24, 2.45) is 5.92 Å². The van der Waals surface area contributed by atoms with Crippen LogP contribution in [-0.4, -0.2) is 23.8 Å². The number of hydrogen-bond donors (Lipinski definition) is 3. The Morgan fingerprint density at radius 2 is 2.27 bits per heavy atom. The lowest BCUT2D eigenvalue weighted by Gasteiger charge is -2.26. The van der Waals surface area contributed by atoms with Gasteiger partial charge in [0.15, 0.2) is 0 Å². The Balaban J connectivity index is 1.84. The molecule has 2 rings (SSSR count). The zero-order valence-corrected chi connectivity index (χ0v) is 13.4. The predicted octanol–water partition coefficient (Wildman–Crippen LogP) is 3.39. The standard InChI is InChI=1S/C16H22ClFN2O2/c1-10(15-13(17)6-3-7-14(15)18)20-16(22)19-9-11-4-2-5-12(21)8-11/h3,6-7,10-12,21H,2,4-5,8-9H2,1H3,(H2,19,20,22). The molecule has 1 saturated carbocycles. The molecule has 0 aromatic heterocycles. The van der Waals surface area contributed by atoms with Gasteiger partial charge in [0.25, 0.3) is 0 Å². The number of rotatable bonds is 4. The summed E-state index contributed by atoms with van der Waals surface area (Å²) in [7, 11) is 0. The molecule has 3 unspecified atom stereocenters. The van der Waals surface area contributed by atoms with E-state index in [1.165, 1.54) is 12.1 Å². The van der Waals surface area contributed by atoms with Gasteiger partial charge in [-0.15, -0.1) is 0 Å². The topological polar surface area (TPSA) is 61.4 Å². The fourth-order valence-electron chi connectivity index (χ4n) is 2.93. The average Bonchev–Trinajstić information content (AvgIpc) is 2.45. The number of amides is 2. The van der Waals surface area contributed by atoms with Gasteiger partial charge in [0.2, 0.25) is 0 Å². The molecule has 1 aliphatic carbocycles. The molecule has 1 aromatic carbocycles. The van der Waals surface area contributed by atoms with Crippen LogP contribution in [0, 0.1) is 11.7 Å². The van der Waals surface area contributed by atoms with Gasteiger partial charge < -0.3 is 15.7 Å². The summed E-state index contributed by atoms with van der Waals surface area (Å²) in [5, 5.41) is 15.4. The molecule has 3 N–H and O–H groups in total. The Bertz CT molecular complexity index is 507. The molecule has 6 heteroatoms. The zero-order chi connectivity index (χ0) is 16.1. The van der Waals surface area contributed by atoms with Crippen LogP contribution in [0.5, 0.6) is 0 Å². The molecule has 3 atom stereocenters. The van der Waals surface area contributed by atoms with Crippen LogP contribution in [0.15, 0.2) is 18.2 Å². The first-order valence-electron chi connectivity index (χ1n) is 7.63. The van der Waals surface area contributed by atoms with Gasteiger partial charge in [0, 0.05) is 17.1 Å². The van der Waals surface area contributed by atoms with Gasteiger partial charge in [-0.3, -0.25) is 0 Å². The summed E-state index contributed by atoms with van der Waals surface area (Å²) in [5.74, 6) is -0.141. The number of benzene rings is 1. The average molecular weight is 329 g/mol. The molecule has 122 valence electrons. The van der Waals surface area contributed by atoms with Crippen molar-refractivity contribution < 1.29 is 14.3 Å². The van der Waals surface area contributed by atoms with Crippen LogP contribution in [0.4, 0.5) is 9.18 Å². The van der Waals surface area contributed by atoms with Crippen molar-refractivity contribution in [3.8, 4) is 0 Å². The number of aliphatic hydroxyl groups is 1. The maximum absolute atomic E-state index is 13.8. The molecule has 0 heterocycles. The Morgan fingerprint density at radius 1 is 1.50 bits per heavy atom. The Labute approximate surface area is 135 Å². The summed E-state index contributed by atoms with van der Waals surface area (Å²) >= 11 is 5.98. The second-order valence-electron chi connectivity index (χ2n) is 5.90. The first kappa shape index (κ1) is 17.0. The summed E-state index contributed by atoms with van der Waals surface area (Å²) in [6, 6.07) is 3.57. The quantitative estimate of drug-likeness (QED) is 0.793. The molecule has 0 radical (unpaired) electrons. The molecule has 4 nitrogen and oxygen atoms in total. The number of hydrogen-bond acceptors (Lipinski definition) is 2. The monoisotopic (exact) mass is 328 g/mol. The lowest BCUT2D eigenvalue weighted by atomic mass is 9.87. The highest BCUT2D eigenvalue weighted by Gasteiger charge is 2.21. The normalized spacial score (nSPS) is 22.9. The van der Waals surface area contributed by atoms with E-state index in [0.717, 1.165) is 25.7 Å². The molecule has 2 amide bonds. The molecule has 0 saturated heterocycles. The molecule has 1 fully saturated rings. The summed E-state index contributed by atoms with van der Waals surface area (Å²) in [4.78, 5) is 11.9. The van der Waals surface area contributed by atoms with Gasteiger partial charge in [-0.1, -0.05) is 24.1 Å². The van der Waals surface area contributed by atoms with Crippen molar-refractivity contribution in [3.05, 3.63) is 34.6 Å². The van der Waals surface area contributed by atoms with E-state index in [4.69, 9.17) is 11.6 Å². The fraction of sp³-hybridized carbons (Fsp3) is 0.562. The van der Waals surface area contributed by atoms with Crippen molar-refractivity contribution in [2.75, 3.05) is 6.54 Å². The van der Waals surface area contributed by atoms with E-state index in [9.17, 15) is 14.3 Å². The first-order chi connectivity index (χ1) is 10.5. The number of halogens is 2. The molecule has 0 spiro atoms. The Hall–Kier alpha value is -1.33. The minimum absolute atomic E-state index is 0.264. The molecule has 1 aliphatic rings. The lowest BCUT2D eigenvalue weighted by Crippen LogP contribution is -2.40. The third kappa shape index (κ3) is 4.58. The summed E-state index contributed by atoms with van der Waals surface area (Å²) in [5.41, 5.74) is 0.285. The van der Waals surface area contributed by atoms with Gasteiger partial charge in [-0.25, -0.2) is 9.18 Å². The number of nitrogens with one attached hydrogen (secondary N) is 2. The predicted molar refractivity (Wildman–Crippen MR) is 84.3 cm³/mol. The van der Waals surface area contributed by atoms with Crippen LogP contribution < -0.4 is 10.6 Å². The number of aliphatic hydroxyl groups excluding tert-OH is 1. The van der Waals surface area contributed by atoms with E-state index in [0.29, 0.717) is 17.5 Å². The Morgan fingerprint density at radius 3 is 2.95 bits per heavy atom. The first-order valence-corrected chi connectivity index (χ1v) is 8.01. The summed E-state index contributed by atoms with van der Waals surface area (Å²) in [6.45, 7) is 2.20. The third-order valence-corrected chi connectivity index (χ3v) is 4.42. The summed E-state index contributed by atoms with van der Waals surface area (Å²) in [6.07, 6.45) is 3.28. The third-order valence-electron chi connectivity index (χ3n) is 4.09. The largest absolute Gasteiger partial charge is 0.393 e. The van der Waals surface area contributed by atoms with Crippen molar-refractivity contribution in [1.82, 2.24) is 10.6 Å². The highest BCUT2D eigenvalue weighted by atomic mass is 35.5. The summed E-state index contributed by atoms with van der Waals surface area (Å²) < 4.78 is 13.8. The Kier molecular flexibility index (Phi) is 6.03. The van der Waals surface area contributed by atoms with Crippen LogP contribution in [0.1, 0.15) is 44.2 Å². The number of carbonyl (C=O) groups is 1. The molecular weight excluding hydrogens is 307 g/mol. The highest BCUT2D eigenvalue weighted by Crippen LogP contribution is 2.26.